The third-order valence-electron chi connectivity index (χ3n) is 2.15. The molecule has 0 spiro atoms. The number of carboxylic acids is 1. The fourth-order valence-electron chi connectivity index (χ4n) is 1.06. The summed E-state index contributed by atoms with van der Waals surface area (Å²) in [7, 11) is 0. The summed E-state index contributed by atoms with van der Waals surface area (Å²) < 4.78 is 12.0. The molecule has 2 atom stereocenters. The van der Waals surface area contributed by atoms with Crippen LogP contribution in [-0.2, 0) is 4.79 Å². The van der Waals surface area contributed by atoms with Crippen molar-refractivity contribution in [3.8, 4) is 0 Å². The van der Waals surface area contributed by atoms with Crippen molar-refractivity contribution in [2.45, 2.75) is 25.8 Å². The van der Waals surface area contributed by atoms with Gasteiger partial charge in [0.1, 0.15) is 12.7 Å². The lowest BCUT2D eigenvalue weighted by Crippen LogP contribution is -2.31. The third-order valence-corrected chi connectivity index (χ3v) is 2.15. The van der Waals surface area contributed by atoms with Gasteiger partial charge in [0.15, 0.2) is 0 Å². The van der Waals surface area contributed by atoms with Crippen LogP contribution < -0.4 is 11.1 Å². The number of hydrogen-bond acceptors (Lipinski definition) is 3. The number of carboxylic acid groups (broad SMARTS) is 1. The van der Waals surface area contributed by atoms with E-state index in [2.05, 4.69) is 11.9 Å². The van der Waals surface area contributed by atoms with E-state index < -0.39 is 18.7 Å². The third kappa shape index (κ3) is 6.90. The lowest BCUT2D eigenvalue weighted by Gasteiger charge is -2.14. The minimum atomic E-state index is -0.983. The number of carbonyl (C=O) groups is 1. The van der Waals surface area contributed by atoms with E-state index in [1.165, 1.54) is 0 Å². The molecule has 0 amide bonds. The maximum absolute atomic E-state index is 12.0. The molecule has 0 aromatic rings. The van der Waals surface area contributed by atoms with Crippen LogP contribution in [-0.4, -0.2) is 30.3 Å². The molecule has 4 N–H and O–H groups in total. The second-order valence-corrected chi connectivity index (χ2v) is 3.75. The molecule has 0 heterocycles. The molecule has 0 aromatic carbocycles. The summed E-state index contributed by atoms with van der Waals surface area (Å²) in [5.41, 5.74) is 5.70. The predicted molar refractivity (Wildman–Crippen MR) is 57.1 cm³/mol. The maximum Gasteiger partial charge on any atom is 0.320 e. The van der Waals surface area contributed by atoms with Crippen LogP contribution in [0.15, 0.2) is 12.3 Å². The molecule has 0 aromatic heterocycles. The summed E-state index contributed by atoms with van der Waals surface area (Å²) in [5, 5.41) is 11.4. The first kappa shape index (κ1) is 13.9. The van der Waals surface area contributed by atoms with Gasteiger partial charge in [-0.05, 0) is 18.8 Å². The molecule has 0 fully saturated rings. The molecule has 0 aliphatic rings. The molecule has 5 heteroatoms. The van der Waals surface area contributed by atoms with E-state index in [0.29, 0.717) is 25.1 Å². The highest BCUT2D eigenvalue weighted by Gasteiger charge is 2.12. The van der Waals surface area contributed by atoms with E-state index in [1.807, 2.05) is 6.92 Å². The minimum absolute atomic E-state index is 0.249. The average molecular weight is 218 g/mol. The number of aliphatic carboxylic acids is 1. The van der Waals surface area contributed by atoms with Crippen LogP contribution in [0.1, 0.15) is 19.8 Å². The van der Waals surface area contributed by atoms with Gasteiger partial charge in [0.25, 0.3) is 0 Å². The molecule has 88 valence electrons. The number of nitrogens with two attached hydrogens (primary N) is 1. The van der Waals surface area contributed by atoms with Crippen LogP contribution in [0.4, 0.5) is 4.39 Å². The SMILES string of the molecule is C=C(CF)NCC(C)CCC(N)C(=O)O. The summed E-state index contributed by atoms with van der Waals surface area (Å²) >= 11 is 0. The molecule has 4 nitrogen and oxygen atoms in total. The highest BCUT2D eigenvalue weighted by Crippen LogP contribution is 2.06. The molecule has 0 saturated carbocycles. The van der Waals surface area contributed by atoms with Crippen LogP contribution >= 0.6 is 0 Å². The van der Waals surface area contributed by atoms with Gasteiger partial charge in [0.05, 0.1) is 0 Å². The van der Waals surface area contributed by atoms with E-state index in [1.54, 1.807) is 0 Å². The number of hydrogen-bond donors (Lipinski definition) is 3. The highest BCUT2D eigenvalue weighted by molar-refractivity contribution is 5.72. The fourth-order valence-corrected chi connectivity index (χ4v) is 1.06. The summed E-state index contributed by atoms with van der Waals surface area (Å²) in [4.78, 5) is 10.4. The lowest BCUT2D eigenvalue weighted by molar-refractivity contribution is -0.138. The maximum atomic E-state index is 12.0. The Morgan fingerprint density at radius 3 is 2.67 bits per heavy atom. The first-order chi connectivity index (χ1) is 6.97. The highest BCUT2D eigenvalue weighted by atomic mass is 19.1. The number of alkyl halides is 1. The van der Waals surface area contributed by atoms with Crippen LogP contribution in [0, 0.1) is 5.92 Å². The zero-order chi connectivity index (χ0) is 11.8. The Morgan fingerprint density at radius 2 is 2.20 bits per heavy atom. The largest absolute Gasteiger partial charge is 0.480 e. The molecule has 0 radical (unpaired) electrons. The second-order valence-electron chi connectivity index (χ2n) is 3.75. The van der Waals surface area contributed by atoms with Gasteiger partial charge in [0, 0.05) is 12.2 Å². The molecule has 0 aliphatic carbocycles. The van der Waals surface area contributed by atoms with Crippen molar-refractivity contribution in [3.05, 3.63) is 12.3 Å². The number of halogens is 1. The molecule has 0 rings (SSSR count). The van der Waals surface area contributed by atoms with Gasteiger partial charge in [-0.1, -0.05) is 13.5 Å². The van der Waals surface area contributed by atoms with Crippen LogP contribution in [0.5, 0.6) is 0 Å². The lowest BCUT2D eigenvalue weighted by atomic mass is 10.0. The predicted octanol–water partition coefficient (Wildman–Crippen LogP) is 0.887. The van der Waals surface area contributed by atoms with E-state index in [-0.39, 0.29) is 5.92 Å². The first-order valence-corrected chi connectivity index (χ1v) is 4.93. The quantitative estimate of drug-likeness (QED) is 0.565. The molecular formula is C10H19FN2O2. The summed E-state index contributed by atoms with van der Waals surface area (Å²) in [6, 6.07) is -0.808. The fraction of sp³-hybridized carbons (Fsp3) is 0.700. The van der Waals surface area contributed by atoms with Crippen molar-refractivity contribution in [2.24, 2.45) is 11.7 Å². The van der Waals surface area contributed by atoms with E-state index in [0.717, 1.165) is 0 Å². The van der Waals surface area contributed by atoms with Crippen molar-refractivity contribution in [3.63, 3.8) is 0 Å². The normalized spacial score (nSPS) is 14.3. The summed E-state index contributed by atoms with van der Waals surface area (Å²) in [6.45, 7) is 5.43. The number of rotatable bonds is 8. The topological polar surface area (TPSA) is 75.3 Å². The van der Waals surface area contributed by atoms with Gasteiger partial charge in [-0.2, -0.15) is 0 Å². The molecule has 0 bridgehead atoms. The van der Waals surface area contributed by atoms with Crippen molar-refractivity contribution in [1.82, 2.24) is 5.32 Å². The Hall–Kier alpha value is -1.10. The zero-order valence-corrected chi connectivity index (χ0v) is 9.00. The van der Waals surface area contributed by atoms with Crippen molar-refractivity contribution in [1.29, 1.82) is 0 Å². The summed E-state index contributed by atoms with van der Waals surface area (Å²) in [6.07, 6.45) is 1.13. The van der Waals surface area contributed by atoms with Crippen molar-refractivity contribution < 1.29 is 14.3 Å². The van der Waals surface area contributed by atoms with Gasteiger partial charge in [-0.3, -0.25) is 4.79 Å². The Labute approximate surface area is 89.3 Å². The average Bonchev–Trinajstić information content (AvgIpc) is 2.21. The Bertz CT molecular complexity index is 221. The van der Waals surface area contributed by atoms with Gasteiger partial charge in [0.2, 0.25) is 0 Å². The van der Waals surface area contributed by atoms with Crippen LogP contribution in [0.3, 0.4) is 0 Å². The molecular weight excluding hydrogens is 199 g/mol. The van der Waals surface area contributed by atoms with Gasteiger partial charge in [-0.15, -0.1) is 0 Å². The van der Waals surface area contributed by atoms with E-state index in [4.69, 9.17) is 10.8 Å². The number of allylic oxidation sites excluding steroid dienone is 1. The van der Waals surface area contributed by atoms with Crippen molar-refractivity contribution >= 4 is 5.97 Å². The molecule has 0 saturated heterocycles. The second kappa shape index (κ2) is 7.23. The van der Waals surface area contributed by atoms with Gasteiger partial charge < -0.3 is 16.2 Å². The van der Waals surface area contributed by atoms with Gasteiger partial charge >= 0.3 is 5.97 Å². The number of nitrogens with one attached hydrogen (secondary N) is 1. The first-order valence-electron chi connectivity index (χ1n) is 4.93. The van der Waals surface area contributed by atoms with E-state index in [9.17, 15) is 9.18 Å². The summed E-state index contributed by atoms with van der Waals surface area (Å²) in [5.74, 6) is -0.734. The Balaban J connectivity index is 3.61. The monoisotopic (exact) mass is 218 g/mol. The van der Waals surface area contributed by atoms with Crippen LogP contribution in [0.2, 0.25) is 0 Å². The standard InChI is InChI=1S/C10H19FN2O2/c1-7(6-13-8(2)5-11)3-4-9(12)10(14)15/h7,9,13H,2-6,12H2,1H3,(H,14,15). The zero-order valence-electron chi connectivity index (χ0n) is 9.00. The van der Waals surface area contributed by atoms with Gasteiger partial charge in [-0.25, -0.2) is 4.39 Å². The molecule has 15 heavy (non-hydrogen) atoms. The molecule has 0 aliphatic heterocycles. The van der Waals surface area contributed by atoms with E-state index >= 15 is 0 Å². The van der Waals surface area contributed by atoms with Crippen molar-refractivity contribution in [2.75, 3.05) is 13.2 Å². The smallest absolute Gasteiger partial charge is 0.320 e. The Kier molecular flexibility index (Phi) is 6.70. The molecule has 2 unspecified atom stereocenters. The minimum Gasteiger partial charge on any atom is -0.480 e. The van der Waals surface area contributed by atoms with Crippen LogP contribution in [0.25, 0.3) is 0 Å². The Morgan fingerprint density at radius 1 is 1.60 bits per heavy atom.